The van der Waals surface area contributed by atoms with Gasteiger partial charge >= 0.3 is 5.69 Å². The van der Waals surface area contributed by atoms with E-state index in [2.05, 4.69) is 20.9 Å². The van der Waals surface area contributed by atoms with Crippen molar-refractivity contribution in [1.82, 2.24) is 9.55 Å². The van der Waals surface area contributed by atoms with Crippen LogP contribution in [0.4, 0.5) is 4.39 Å². The number of nitrogens with one attached hydrogen (secondary N) is 1. The van der Waals surface area contributed by atoms with E-state index >= 15 is 0 Å². The molecule has 1 N–H and O–H groups in total. The predicted molar refractivity (Wildman–Crippen MR) is 57.5 cm³/mol. The number of nitrogens with zero attached hydrogens (tertiary/aromatic N) is 1. The molecule has 1 heterocycles. The molecule has 0 unspecified atom stereocenters. The lowest BCUT2D eigenvalue weighted by Gasteiger charge is -2.02. The number of aromatic amines is 1. The van der Waals surface area contributed by atoms with Gasteiger partial charge in [-0.2, -0.15) is 0 Å². The summed E-state index contributed by atoms with van der Waals surface area (Å²) in [5.41, 5.74) is -1.22. The van der Waals surface area contributed by atoms with Crippen molar-refractivity contribution >= 4 is 26.8 Å². The van der Waals surface area contributed by atoms with Gasteiger partial charge in [-0.3, -0.25) is 9.36 Å². The zero-order valence-corrected chi connectivity index (χ0v) is 9.26. The molecule has 2 aromatic rings. The van der Waals surface area contributed by atoms with Gasteiger partial charge in [0.15, 0.2) is 5.82 Å². The normalized spacial score (nSPS) is 10.9. The number of rotatable bonds is 0. The highest BCUT2D eigenvalue weighted by Gasteiger charge is 2.10. The van der Waals surface area contributed by atoms with Crippen molar-refractivity contribution in [2.75, 3.05) is 0 Å². The summed E-state index contributed by atoms with van der Waals surface area (Å²) < 4.78 is 14.6. The second-order valence-corrected chi connectivity index (χ2v) is 3.93. The smallest absolute Gasteiger partial charge is 0.304 e. The minimum Gasteiger partial charge on any atom is -0.304 e. The molecule has 0 aliphatic carbocycles. The summed E-state index contributed by atoms with van der Waals surface area (Å²) >= 11 is 2.98. The fraction of sp³-hybridized carbons (Fsp3) is 0.111. The molecule has 0 saturated carbocycles. The monoisotopic (exact) mass is 272 g/mol. The second kappa shape index (κ2) is 3.30. The number of fused-ring (bicyclic) bond motifs is 1. The van der Waals surface area contributed by atoms with Gasteiger partial charge < -0.3 is 4.98 Å². The lowest BCUT2D eigenvalue weighted by molar-refractivity contribution is 0.627. The Hall–Kier alpha value is -1.43. The van der Waals surface area contributed by atoms with Crippen LogP contribution in [0, 0.1) is 5.82 Å². The van der Waals surface area contributed by atoms with Crippen LogP contribution in [0.15, 0.2) is 26.2 Å². The zero-order valence-electron chi connectivity index (χ0n) is 7.67. The fourth-order valence-corrected chi connectivity index (χ4v) is 1.65. The molecule has 0 atom stereocenters. The van der Waals surface area contributed by atoms with E-state index in [4.69, 9.17) is 0 Å². The predicted octanol–water partition coefficient (Wildman–Crippen LogP) is 1.13. The summed E-state index contributed by atoms with van der Waals surface area (Å²) in [6.07, 6.45) is 0. The van der Waals surface area contributed by atoms with Crippen molar-refractivity contribution in [2.45, 2.75) is 0 Å². The molecule has 0 fully saturated rings. The molecule has 78 valence electrons. The molecule has 1 aromatic carbocycles. The maximum Gasteiger partial charge on any atom is 0.328 e. The molecule has 0 amide bonds. The van der Waals surface area contributed by atoms with Crippen molar-refractivity contribution < 1.29 is 4.39 Å². The van der Waals surface area contributed by atoms with Crippen LogP contribution in [-0.2, 0) is 7.05 Å². The van der Waals surface area contributed by atoms with Gasteiger partial charge in [0.1, 0.15) is 0 Å². The number of benzene rings is 1. The van der Waals surface area contributed by atoms with Gasteiger partial charge in [0, 0.05) is 7.05 Å². The van der Waals surface area contributed by atoms with Crippen molar-refractivity contribution in [3.8, 4) is 0 Å². The first-order chi connectivity index (χ1) is 7.02. The van der Waals surface area contributed by atoms with Crippen LogP contribution in [0.5, 0.6) is 0 Å². The first-order valence-electron chi connectivity index (χ1n) is 4.09. The summed E-state index contributed by atoms with van der Waals surface area (Å²) in [5.74, 6) is -0.637. The van der Waals surface area contributed by atoms with Crippen molar-refractivity contribution in [3.63, 3.8) is 0 Å². The molecule has 4 nitrogen and oxygen atoms in total. The van der Waals surface area contributed by atoms with Gasteiger partial charge in [0.25, 0.3) is 5.56 Å². The lowest BCUT2D eigenvalue weighted by Crippen LogP contribution is -2.32. The van der Waals surface area contributed by atoms with Crippen LogP contribution < -0.4 is 11.2 Å². The van der Waals surface area contributed by atoms with E-state index < -0.39 is 17.1 Å². The SMILES string of the molecule is Cn1c(=O)[nH]c2c(F)c(Br)ccc2c1=O. The average molecular weight is 273 g/mol. The minimum absolute atomic E-state index is 0.0718. The molecule has 2 rings (SSSR count). The Bertz CT molecular complexity index is 659. The third-order valence-electron chi connectivity index (χ3n) is 2.17. The van der Waals surface area contributed by atoms with E-state index in [1.54, 1.807) is 0 Å². The summed E-state index contributed by atoms with van der Waals surface area (Å²) in [5, 5.41) is 0.151. The molecule has 0 radical (unpaired) electrons. The summed E-state index contributed by atoms with van der Waals surface area (Å²) in [4.78, 5) is 25.1. The average Bonchev–Trinajstić information content (AvgIpc) is 2.21. The number of hydrogen-bond acceptors (Lipinski definition) is 2. The van der Waals surface area contributed by atoms with Crippen molar-refractivity contribution in [2.24, 2.45) is 7.05 Å². The molecular weight excluding hydrogens is 267 g/mol. The molecule has 15 heavy (non-hydrogen) atoms. The van der Waals surface area contributed by atoms with E-state index in [0.717, 1.165) is 4.57 Å². The zero-order chi connectivity index (χ0) is 11.2. The maximum absolute atomic E-state index is 13.5. The summed E-state index contributed by atoms with van der Waals surface area (Å²) in [6, 6.07) is 2.89. The highest BCUT2D eigenvalue weighted by Crippen LogP contribution is 2.20. The first-order valence-corrected chi connectivity index (χ1v) is 4.88. The molecular formula is C9H6BrFN2O2. The number of aromatic nitrogens is 2. The highest BCUT2D eigenvalue weighted by atomic mass is 79.9. The Kier molecular flexibility index (Phi) is 2.22. The van der Waals surface area contributed by atoms with Crippen LogP contribution in [0.2, 0.25) is 0 Å². The van der Waals surface area contributed by atoms with Gasteiger partial charge in [-0.15, -0.1) is 0 Å². The molecule has 0 aliphatic heterocycles. The van der Waals surface area contributed by atoms with Crippen molar-refractivity contribution in [3.05, 3.63) is 43.3 Å². The van der Waals surface area contributed by atoms with Gasteiger partial charge in [0.05, 0.1) is 15.4 Å². The van der Waals surface area contributed by atoms with Crippen LogP contribution >= 0.6 is 15.9 Å². The van der Waals surface area contributed by atoms with Gasteiger partial charge in [-0.1, -0.05) is 0 Å². The number of halogens is 2. The molecule has 6 heteroatoms. The van der Waals surface area contributed by atoms with E-state index in [0.29, 0.717) is 0 Å². The number of hydrogen-bond donors (Lipinski definition) is 1. The van der Waals surface area contributed by atoms with Crippen LogP contribution in [-0.4, -0.2) is 9.55 Å². The quantitative estimate of drug-likeness (QED) is 0.782. The highest BCUT2D eigenvalue weighted by molar-refractivity contribution is 9.10. The summed E-state index contributed by atoms with van der Waals surface area (Å²) in [7, 11) is 1.33. The third kappa shape index (κ3) is 1.41. The minimum atomic E-state index is -0.637. The number of H-pyrrole nitrogens is 1. The van der Waals surface area contributed by atoms with Gasteiger partial charge in [-0.05, 0) is 28.1 Å². The van der Waals surface area contributed by atoms with Gasteiger partial charge in [-0.25, -0.2) is 9.18 Å². The topological polar surface area (TPSA) is 54.9 Å². The van der Waals surface area contributed by atoms with Crippen LogP contribution in [0.1, 0.15) is 0 Å². The van der Waals surface area contributed by atoms with Gasteiger partial charge in [0.2, 0.25) is 0 Å². The first kappa shape index (κ1) is 10.1. The van der Waals surface area contributed by atoms with E-state index in [9.17, 15) is 14.0 Å². The largest absolute Gasteiger partial charge is 0.328 e. The Labute approximate surface area is 91.5 Å². The third-order valence-corrected chi connectivity index (χ3v) is 2.78. The lowest BCUT2D eigenvalue weighted by atomic mass is 10.2. The maximum atomic E-state index is 13.5. The molecule has 1 aromatic heterocycles. The second-order valence-electron chi connectivity index (χ2n) is 3.08. The van der Waals surface area contributed by atoms with Crippen LogP contribution in [0.25, 0.3) is 10.9 Å². The molecule has 0 bridgehead atoms. The Morgan fingerprint density at radius 1 is 1.40 bits per heavy atom. The molecule has 0 saturated heterocycles. The molecule has 0 spiro atoms. The Balaban J connectivity index is 3.13. The summed E-state index contributed by atoms with van der Waals surface area (Å²) in [6.45, 7) is 0. The fourth-order valence-electron chi connectivity index (χ4n) is 1.31. The van der Waals surface area contributed by atoms with E-state index in [-0.39, 0.29) is 15.4 Å². The van der Waals surface area contributed by atoms with E-state index in [1.165, 1.54) is 19.2 Å². The van der Waals surface area contributed by atoms with E-state index in [1.807, 2.05) is 0 Å². The standard InChI is InChI=1S/C9H6BrFN2O2/c1-13-8(14)4-2-3-5(10)6(11)7(4)12-9(13)15/h2-3H,1H3,(H,12,15). The Morgan fingerprint density at radius 2 is 2.07 bits per heavy atom. The Morgan fingerprint density at radius 3 is 2.73 bits per heavy atom. The van der Waals surface area contributed by atoms with Crippen molar-refractivity contribution in [1.29, 1.82) is 0 Å². The van der Waals surface area contributed by atoms with Crippen LogP contribution in [0.3, 0.4) is 0 Å². The molecule has 0 aliphatic rings.